The molecule has 0 heterocycles. The highest BCUT2D eigenvalue weighted by molar-refractivity contribution is 5.93. The lowest BCUT2D eigenvalue weighted by atomic mass is 10.0. The van der Waals surface area contributed by atoms with Gasteiger partial charge in [0, 0.05) is 5.56 Å². The van der Waals surface area contributed by atoms with Crippen LogP contribution in [0.25, 0.3) is 11.1 Å². The molecule has 0 fully saturated rings. The Morgan fingerprint density at radius 3 is 2.06 bits per heavy atom. The molecule has 0 unspecified atom stereocenters. The van der Waals surface area contributed by atoms with Crippen LogP contribution in [0.4, 0.5) is 8.78 Å². The maximum Gasteiger partial charge on any atom is 0.274 e. The van der Waals surface area contributed by atoms with E-state index in [1.54, 1.807) is 0 Å². The highest BCUT2D eigenvalue weighted by atomic mass is 19.1. The fraction of sp³-hybridized carbons (Fsp3) is 0. The summed E-state index contributed by atoms with van der Waals surface area (Å²) in [6.45, 7) is 0. The van der Waals surface area contributed by atoms with E-state index in [9.17, 15) is 13.6 Å². The maximum atomic E-state index is 13.5. The van der Waals surface area contributed by atoms with Gasteiger partial charge < -0.3 is 0 Å². The minimum Gasteiger partial charge on any atom is -0.288 e. The molecule has 1 amide bonds. The molecule has 0 saturated carbocycles. The SMILES string of the molecule is O=C(NO)c1ccc(-c2c(F)cccc2F)cc1. The van der Waals surface area contributed by atoms with Crippen molar-refractivity contribution in [2.24, 2.45) is 0 Å². The molecule has 2 N–H and O–H groups in total. The molecule has 2 aromatic rings. The van der Waals surface area contributed by atoms with Gasteiger partial charge >= 0.3 is 0 Å². The molecule has 0 spiro atoms. The Morgan fingerprint density at radius 1 is 1.00 bits per heavy atom. The van der Waals surface area contributed by atoms with E-state index in [1.165, 1.54) is 35.8 Å². The smallest absolute Gasteiger partial charge is 0.274 e. The van der Waals surface area contributed by atoms with Crippen molar-refractivity contribution in [3.63, 3.8) is 0 Å². The van der Waals surface area contributed by atoms with Gasteiger partial charge in [-0.2, -0.15) is 0 Å². The van der Waals surface area contributed by atoms with Crippen LogP contribution in [-0.4, -0.2) is 11.1 Å². The third-order valence-electron chi connectivity index (χ3n) is 2.50. The first-order valence-corrected chi connectivity index (χ1v) is 5.12. The highest BCUT2D eigenvalue weighted by Gasteiger charge is 2.11. The largest absolute Gasteiger partial charge is 0.288 e. The maximum absolute atomic E-state index is 13.5. The van der Waals surface area contributed by atoms with E-state index in [0.29, 0.717) is 5.56 Å². The Bertz CT molecular complexity index is 562. The van der Waals surface area contributed by atoms with Crippen LogP contribution in [0.15, 0.2) is 42.5 Å². The molecule has 0 aromatic heterocycles. The molecule has 2 rings (SSSR count). The number of hydrogen-bond donors (Lipinski definition) is 2. The van der Waals surface area contributed by atoms with Crippen molar-refractivity contribution >= 4 is 5.91 Å². The molecule has 0 radical (unpaired) electrons. The standard InChI is InChI=1S/C13H9F2NO2/c14-10-2-1-3-11(15)12(10)8-4-6-9(7-5-8)13(17)16-18/h1-7,18H,(H,16,17). The second kappa shape index (κ2) is 4.93. The number of nitrogens with one attached hydrogen (secondary N) is 1. The first-order valence-electron chi connectivity index (χ1n) is 5.12. The summed E-state index contributed by atoms with van der Waals surface area (Å²) in [5.74, 6) is -2.03. The van der Waals surface area contributed by atoms with Gasteiger partial charge in [-0.3, -0.25) is 10.0 Å². The molecule has 0 bridgehead atoms. The molecule has 0 saturated heterocycles. The number of hydrogen-bond acceptors (Lipinski definition) is 2. The lowest BCUT2D eigenvalue weighted by Crippen LogP contribution is -2.18. The second-order valence-electron chi connectivity index (χ2n) is 3.61. The molecule has 2 aromatic carbocycles. The zero-order valence-corrected chi connectivity index (χ0v) is 9.15. The average Bonchev–Trinajstić information content (AvgIpc) is 2.38. The summed E-state index contributed by atoms with van der Waals surface area (Å²) in [5, 5.41) is 8.44. The molecule has 5 heteroatoms. The van der Waals surface area contributed by atoms with Gasteiger partial charge in [0.25, 0.3) is 5.91 Å². The Labute approximate surface area is 102 Å². The summed E-state index contributed by atoms with van der Waals surface area (Å²) < 4.78 is 27.0. The number of halogens is 2. The first-order chi connectivity index (χ1) is 8.63. The first kappa shape index (κ1) is 12.2. The fourth-order valence-corrected chi connectivity index (χ4v) is 1.63. The van der Waals surface area contributed by atoms with Gasteiger partial charge in [-0.25, -0.2) is 14.3 Å². The van der Waals surface area contributed by atoms with Crippen LogP contribution in [0.5, 0.6) is 0 Å². The third-order valence-corrected chi connectivity index (χ3v) is 2.50. The van der Waals surface area contributed by atoms with E-state index < -0.39 is 17.5 Å². The minimum absolute atomic E-state index is 0.145. The van der Waals surface area contributed by atoms with Crippen molar-refractivity contribution in [2.75, 3.05) is 0 Å². The van der Waals surface area contributed by atoms with Gasteiger partial charge in [0.15, 0.2) is 0 Å². The lowest BCUT2D eigenvalue weighted by molar-refractivity contribution is 0.0706. The van der Waals surface area contributed by atoms with E-state index in [0.717, 1.165) is 12.1 Å². The van der Waals surface area contributed by atoms with Crippen molar-refractivity contribution < 1.29 is 18.8 Å². The van der Waals surface area contributed by atoms with Gasteiger partial charge in [0.2, 0.25) is 0 Å². The lowest BCUT2D eigenvalue weighted by Gasteiger charge is -2.06. The van der Waals surface area contributed by atoms with E-state index in [2.05, 4.69) is 0 Å². The fourth-order valence-electron chi connectivity index (χ4n) is 1.63. The topological polar surface area (TPSA) is 49.3 Å². The molecule has 0 aliphatic rings. The van der Waals surface area contributed by atoms with Crippen LogP contribution in [0.2, 0.25) is 0 Å². The predicted octanol–water partition coefficient (Wildman–Crippen LogP) is 2.75. The summed E-state index contributed by atoms with van der Waals surface area (Å²) >= 11 is 0. The summed E-state index contributed by atoms with van der Waals surface area (Å²) in [6.07, 6.45) is 0. The number of benzene rings is 2. The number of hydroxylamine groups is 1. The minimum atomic E-state index is -0.685. The van der Waals surface area contributed by atoms with Gasteiger partial charge in [0.1, 0.15) is 11.6 Å². The van der Waals surface area contributed by atoms with E-state index in [-0.39, 0.29) is 11.1 Å². The summed E-state index contributed by atoms with van der Waals surface area (Å²) in [4.78, 5) is 11.1. The van der Waals surface area contributed by atoms with Crippen molar-refractivity contribution in [1.29, 1.82) is 0 Å². The second-order valence-corrected chi connectivity index (χ2v) is 3.61. The van der Waals surface area contributed by atoms with Crippen LogP contribution in [0.3, 0.4) is 0 Å². The van der Waals surface area contributed by atoms with Gasteiger partial charge in [-0.1, -0.05) is 18.2 Å². The Balaban J connectivity index is 2.44. The van der Waals surface area contributed by atoms with Crippen molar-refractivity contribution in [3.05, 3.63) is 59.7 Å². The third kappa shape index (κ3) is 2.21. The zero-order valence-electron chi connectivity index (χ0n) is 9.15. The number of carbonyl (C=O) groups excluding carboxylic acids is 1. The van der Waals surface area contributed by atoms with Crippen LogP contribution in [0, 0.1) is 11.6 Å². The number of rotatable bonds is 2. The van der Waals surface area contributed by atoms with Crippen molar-refractivity contribution in [2.45, 2.75) is 0 Å². The van der Waals surface area contributed by atoms with Crippen molar-refractivity contribution in [3.8, 4) is 11.1 Å². The van der Waals surface area contributed by atoms with E-state index in [1.807, 2.05) is 0 Å². The van der Waals surface area contributed by atoms with E-state index in [4.69, 9.17) is 5.21 Å². The summed E-state index contributed by atoms with van der Waals surface area (Å²) in [6, 6.07) is 9.15. The molecule has 0 aliphatic heterocycles. The van der Waals surface area contributed by atoms with Crippen molar-refractivity contribution in [1.82, 2.24) is 5.48 Å². The molecular weight excluding hydrogens is 240 g/mol. The average molecular weight is 249 g/mol. The molecule has 18 heavy (non-hydrogen) atoms. The molecular formula is C13H9F2NO2. The molecule has 92 valence electrons. The Kier molecular flexibility index (Phi) is 3.34. The predicted molar refractivity (Wildman–Crippen MR) is 61.0 cm³/mol. The normalized spacial score (nSPS) is 10.2. The van der Waals surface area contributed by atoms with Gasteiger partial charge in [0.05, 0.1) is 5.56 Å². The monoisotopic (exact) mass is 249 g/mol. The van der Waals surface area contributed by atoms with Crippen LogP contribution < -0.4 is 5.48 Å². The zero-order chi connectivity index (χ0) is 13.1. The summed E-state index contributed by atoms with van der Waals surface area (Å²) in [7, 11) is 0. The highest BCUT2D eigenvalue weighted by Crippen LogP contribution is 2.25. The molecule has 0 aliphatic carbocycles. The number of amides is 1. The van der Waals surface area contributed by atoms with Crippen LogP contribution in [-0.2, 0) is 0 Å². The van der Waals surface area contributed by atoms with E-state index >= 15 is 0 Å². The quantitative estimate of drug-likeness (QED) is 0.635. The Morgan fingerprint density at radius 2 is 1.56 bits per heavy atom. The summed E-state index contributed by atoms with van der Waals surface area (Å²) in [5.41, 5.74) is 1.84. The van der Waals surface area contributed by atoms with Gasteiger partial charge in [-0.15, -0.1) is 0 Å². The van der Waals surface area contributed by atoms with Crippen LogP contribution in [0.1, 0.15) is 10.4 Å². The molecule has 0 atom stereocenters. The number of carbonyl (C=O) groups is 1. The molecule has 3 nitrogen and oxygen atoms in total. The Hall–Kier alpha value is -2.27. The van der Waals surface area contributed by atoms with Gasteiger partial charge in [-0.05, 0) is 29.8 Å². The van der Waals surface area contributed by atoms with Crippen LogP contribution >= 0.6 is 0 Å².